The van der Waals surface area contributed by atoms with Crippen LogP contribution in [-0.4, -0.2) is 33.7 Å². The number of aromatic nitrogens is 4. The molecular formula is C4H8N4O2. The van der Waals surface area contributed by atoms with Crippen molar-refractivity contribution in [2.24, 2.45) is 0 Å². The van der Waals surface area contributed by atoms with E-state index in [1.807, 2.05) is 0 Å². The number of tetrazole rings is 1. The van der Waals surface area contributed by atoms with Crippen molar-refractivity contribution in [3.8, 4) is 0 Å². The van der Waals surface area contributed by atoms with Gasteiger partial charge in [0.2, 0.25) is 0 Å². The number of carbonyl (C=O) groups is 1. The van der Waals surface area contributed by atoms with Crippen LogP contribution >= 0.6 is 0 Å². The zero-order chi connectivity index (χ0) is 7.82. The maximum Gasteiger partial charge on any atom is 0.302 e. The van der Waals surface area contributed by atoms with E-state index in [0.29, 0.717) is 0 Å². The fraction of sp³-hybridized carbons (Fsp3) is 0.500. The van der Waals surface area contributed by atoms with Crippen molar-refractivity contribution in [1.29, 1.82) is 0 Å². The summed E-state index contributed by atoms with van der Waals surface area (Å²) in [6.45, 7) is 1.36. The lowest BCUT2D eigenvalue weighted by molar-refractivity contribution is -0.137. The molecule has 1 heterocycles. The molecule has 6 nitrogen and oxygen atoms in total. The van der Waals surface area contributed by atoms with Crippen LogP contribution in [0.15, 0.2) is 6.33 Å². The fourth-order valence-electron chi connectivity index (χ4n) is 0.129. The van der Waals surface area contributed by atoms with Crippen LogP contribution in [0.4, 0.5) is 0 Å². The van der Waals surface area contributed by atoms with E-state index in [2.05, 4.69) is 25.4 Å². The Kier molecular flexibility index (Phi) is 4.84. The number of H-pyrrole nitrogens is 1. The van der Waals surface area contributed by atoms with Gasteiger partial charge in [0, 0.05) is 6.92 Å². The Balaban J connectivity index is 0.000000162. The van der Waals surface area contributed by atoms with Gasteiger partial charge in [0.15, 0.2) is 6.33 Å². The van der Waals surface area contributed by atoms with Gasteiger partial charge in [-0.3, -0.25) is 4.79 Å². The highest BCUT2D eigenvalue weighted by Crippen LogP contribution is 1.60. The van der Waals surface area contributed by atoms with Crippen molar-refractivity contribution in [2.45, 2.75) is 6.92 Å². The third-order valence-electron chi connectivity index (χ3n) is 0.557. The van der Waals surface area contributed by atoms with Crippen LogP contribution in [0.1, 0.15) is 6.92 Å². The number of carbonyl (C=O) groups excluding carboxylic acids is 1. The van der Waals surface area contributed by atoms with Gasteiger partial charge in [-0.2, -0.15) is 5.21 Å². The number of methoxy groups -OCH3 is 1. The summed E-state index contributed by atoms with van der Waals surface area (Å²) < 4.78 is 4.11. The minimum atomic E-state index is -0.245. The van der Waals surface area contributed by atoms with Crippen LogP contribution in [0, 0.1) is 0 Å². The lowest BCUT2D eigenvalue weighted by Crippen LogP contribution is -1.88. The molecule has 1 rings (SSSR count). The van der Waals surface area contributed by atoms with E-state index in [4.69, 9.17) is 0 Å². The summed E-state index contributed by atoms with van der Waals surface area (Å²) in [6, 6.07) is 0. The van der Waals surface area contributed by atoms with Crippen LogP contribution < -0.4 is 0 Å². The second kappa shape index (κ2) is 5.67. The zero-order valence-corrected chi connectivity index (χ0v) is 5.74. The molecule has 0 amide bonds. The summed E-state index contributed by atoms with van der Waals surface area (Å²) in [7, 11) is 1.35. The maximum atomic E-state index is 9.59. The van der Waals surface area contributed by atoms with Crippen LogP contribution in [0.3, 0.4) is 0 Å². The molecule has 0 saturated heterocycles. The molecular weight excluding hydrogens is 136 g/mol. The normalized spacial score (nSPS) is 7.40. The Bertz CT molecular complexity index is 145. The lowest BCUT2D eigenvalue weighted by atomic mass is 10.8. The van der Waals surface area contributed by atoms with Gasteiger partial charge in [-0.25, -0.2) is 0 Å². The maximum absolute atomic E-state index is 9.59. The monoisotopic (exact) mass is 144 g/mol. The number of ether oxygens (including phenoxy) is 1. The number of rotatable bonds is 0. The zero-order valence-electron chi connectivity index (χ0n) is 5.74. The fourth-order valence-corrected chi connectivity index (χ4v) is 0.129. The molecule has 0 aromatic carbocycles. The summed E-state index contributed by atoms with van der Waals surface area (Å²) in [5.74, 6) is -0.245. The minimum absolute atomic E-state index is 0.245. The van der Waals surface area contributed by atoms with Crippen molar-refractivity contribution in [3.05, 3.63) is 6.33 Å². The minimum Gasteiger partial charge on any atom is -0.469 e. The first-order valence-corrected chi connectivity index (χ1v) is 2.48. The Morgan fingerprint density at radius 3 is 2.40 bits per heavy atom. The van der Waals surface area contributed by atoms with E-state index < -0.39 is 0 Å². The predicted molar refractivity (Wildman–Crippen MR) is 31.9 cm³/mol. The number of hydrogen-bond donors (Lipinski definition) is 1. The molecule has 0 aliphatic heterocycles. The van der Waals surface area contributed by atoms with Crippen LogP contribution in [0.5, 0.6) is 0 Å². The second-order valence-electron chi connectivity index (χ2n) is 1.26. The average molecular weight is 144 g/mol. The molecule has 10 heavy (non-hydrogen) atoms. The van der Waals surface area contributed by atoms with Crippen molar-refractivity contribution in [2.75, 3.05) is 7.11 Å². The highest BCUT2D eigenvalue weighted by Gasteiger charge is 1.75. The van der Waals surface area contributed by atoms with E-state index in [9.17, 15) is 4.79 Å². The number of nitrogens with one attached hydrogen (secondary N) is 1. The standard InChI is InChI=1S/C3H6O2.CH2N4/c1-3(4)5-2;1-2-4-5-3-1/h1-2H3;1H,(H,2,3,4,5). The van der Waals surface area contributed by atoms with Gasteiger partial charge in [0.1, 0.15) is 0 Å². The van der Waals surface area contributed by atoms with Gasteiger partial charge in [-0.05, 0) is 0 Å². The van der Waals surface area contributed by atoms with E-state index >= 15 is 0 Å². The van der Waals surface area contributed by atoms with Crippen molar-refractivity contribution < 1.29 is 9.53 Å². The first kappa shape index (κ1) is 8.54. The molecule has 1 aromatic rings. The van der Waals surface area contributed by atoms with E-state index in [-0.39, 0.29) is 5.97 Å². The third-order valence-corrected chi connectivity index (χ3v) is 0.557. The molecule has 56 valence electrons. The largest absolute Gasteiger partial charge is 0.469 e. The highest BCUT2D eigenvalue weighted by atomic mass is 16.5. The molecule has 0 saturated carbocycles. The van der Waals surface area contributed by atoms with Gasteiger partial charge in [-0.1, -0.05) is 5.21 Å². The first-order valence-electron chi connectivity index (χ1n) is 2.48. The summed E-state index contributed by atoms with van der Waals surface area (Å²) >= 11 is 0. The van der Waals surface area contributed by atoms with Gasteiger partial charge in [0.25, 0.3) is 0 Å². The molecule has 0 bridgehead atoms. The Hall–Kier alpha value is -1.46. The molecule has 0 fully saturated rings. The molecule has 0 aliphatic rings. The molecule has 6 heteroatoms. The lowest BCUT2D eigenvalue weighted by Gasteiger charge is -1.80. The first-order chi connectivity index (χ1) is 4.77. The summed E-state index contributed by atoms with van der Waals surface area (Å²) in [5, 5.41) is 12.2. The van der Waals surface area contributed by atoms with Crippen molar-refractivity contribution in [1.82, 2.24) is 20.6 Å². The molecule has 0 atom stereocenters. The highest BCUT2D eigenvalue weighted by molar-refractivity contribution is 5.65. The van der Waals surface area contributed by atoms with Gasteiger partial charge >= 0.3 is 5.97 Å². The Labute approximate surface area is 57.6 Å². The van der Waals surface area contributed by atoms with Crippen LogP contribution in [0.2, 0.25) is 0 Å². The molecule has 1 aromatic heterocycles. The average Bonchev–Trinajstić information content (AvgIpc) is 2.43. The van der Waals surface area contributed by atoms with Crippen LogP contribution in [0.25, 0.3) is 0 Å². The van der Waals surface area contributed by atoms with Crippen LogP contribution in [-0.2, 0) is 9.53 Å². The van der Waals surface area contributed by atoms with E-state index in [0.717, 1.165) is 0 Å². The number of esters is 1. The van der Waals surface area contributed by atoms with Crippen molar-refractivity contribution in [3.63, 3.8) is 0 Å². The molecule has 0 aliphatic carbocycles. The third kappa shape index (κ3) is 6.54. The topological polar surface area (TPSA) is 80.8 Å². The van der Waals surface area contributed by atoms with E-state index in [1.165, 1.54) is 20.4 Å². The molecule has 0 spiro atoms. The summed E-state index contributed by atoms with van der Waals surface area (Å²) in [6.07, 6.45) is 1.33. The summed E-state index contributed by atoms with van der Waals surface area (Å²) in [5.41, 5.74) is 0. The SMILES string of the molecule is COC(C)=O.c1nn[nH]n1. The molecule has 1 N–H and O–H groups in total. The van der Waals surface area contributed by atoms with Crippen molar-refractivity contribution >= 4 is 5.97 Å². The number of nitrogens with zero attached hydrogens (tertiary/aromatic N) is 3. The number of aromatic amines is 1. The van der Waals surface area contributed by atoms with Gasteiger partial charge in [-0.15, -0.1) is 10.2 Å². The smallest absolute Gasteiger partial charge is 0.302 e. The molecule has 0 radical (unpaired) electrons. The van der Waals surface area contributed by atoms with Gasteiger partial charge < -0.3 is 4.74 Å². The quantitative estimate of drug-likeness (QED) is 0.491. The molecule has 0 unspecified atom stereocenters. The summed E-state index contributed by atoms with van der Waals surface area (Å²) in [4.78, 5) is 9.59. The Morgan fingerprint density at radius 2 is 2.30 bits per heavy atom. The van der Waals surface area contributed by atoms with E-state index in [1.54, 1.807) is 0 Å². The predicted octanol–water partition coefficient (Wildman–Crippen LogP) is -0.621. The van der Waals surface area contributed by atoms with Gasteiger partial charge in [0.05, 0.1) is 7.11 Å². The Morgan fingerprint density at radius 1 is 1.70 bits per heavy atom. The number of hydrogen-bond acceptors (Lipinski definition) is 5. The second-order valence-corrected chi connectivity index (χ2v) is 1.26.